The maximum Gasteiger partial charge on any atom is 0.264 e. The summed E-state index contributed by atoms with van der Waals surface area (Å²) in [7, 11) is -2.54. The van der Waals surface area contributed by atoms with E-state index in [0.29, 0.717) is 18.0 Å². The van der Waals surface area contributed by atoms with Gasteiger partial charge in [0.15, 0.2) is 0 Å². The Labute approximate surface area is 238 Å². The minimum absolute atomic E-state index is 0.0748. The largest absolute Gasteiger partial charge is 0.497 e. The number of hydrogen-bond donors (Lipinski definition) is 1. The number of methoxy groups -OCH3 is 1. The second kappa shape index (κ2) is 14.0. The topological polar surface area (TPSA) is 96.0 Å². The summed E-state index contributed by atoms with van der Waals surface area (Å²) < 4.78 is 34.2. The van der Waals surface area contributed by atoms with Gasteiger partial charge in [-0.15, -0.1) is 0 Å². The van der Waals surface area contributed by atoms with Gasteiger partial charge in [0.05, 0.1) is 17.7 Å². The molecule has 0 heterocycles. The highest BCUT2D eigenvalue weighted by molar-refractivity contribution is 7.92. The molecule has 0 fully saturated rings. The number of carbonyl (C=O) groups is 2. The fourth-order valence-electron chi connectivity index (χ4n) is 4.22. The van der Waals surface area contributed by atoms with Gasteiger partial charge in [0.25, 0.3) is 10.0 Å². The number of benzene rings is 3. The van der Waals surface area contributed by atoms with Crippen LogP contribution in [0.1, 0.15) is 43.4 Å². The summed E-state index contributed by atoms with van der Waals surface area (Å²) in [6.45, 7) is 7.65. The van der Waals surface area contributed by atoms with Crippen LogP contribution in [0.3, 0.4) is 0 Å². The molecule has 0 aliphatic rings. The molecule has 0 radical (unpaired) electrons. The quantitative estimate of drug-likeness (QED) is 0.299. The van der Waals surface area contributed by atoms with E-state index in [-0.39, 0.29) is 17.3 Å². The smallest absolute Gasteiger partial charge is 0.264 e. The lowest BCUT2D eigenvalue weighted by Crippen LogP contribution is -2.51. The SMILES string of the molecule is CCCCNC(=O)[C@@H](C)N(Cc1cccc(OC)c1)C(=O)CN(c1ccc(C)c(C)c1)S(=O)(=O)c1ccccc1. The van der Waals surface area contributed by atoms with E-state index in [1.807, 2.05) is 39.0 Å². The lowest BCUT2D eigenvalue weighted by atomic mass is 10.1. The second-order valence-corrected chi connectivity index (χ2v) is 11.6. The molecule has 3 aromatic carbocycles. The van der Waals surface area contributed by atoms with Crippen LogP contribution in [-0.2, 0) is 26.2 Å². The molecule has 0 spiro atoms. The first-order valence-electron chi connectivity index (χ1n) is 13.4. The predicted molar refractivity (Wildman–Crippen MR) is 158 cm³/mol. The molecule has 1 atom stereocenters. The van der Waals surface area contributed by atoms with E-state index in [4.69, 9.17) is 4.74 Å². The lowest BCUT2D eigenvalue weighted by Gasteiger charge is -2.32. The third-order valence-corrected chi connectivity index (χ3v) is 8.66. The van der Waals surface area contributed by atoms with Crippen molar-refractivity contribution in [3.63, 3.8) is 0 Å². The number of amides is 2. The minimum Gasteiger partial charge on any atom is -0.497 e. The van der Waals surface area contributed by atoms with Crippen LogP contribution in [0.25, 0.3) is 0 Å². The Bertz CT molecular complexity index is 1410. The molecule has 0 aliphatic heterocycles. The zero-order valence-electron chi connectivity index (χ0n) is 23.9. The van der Waals surface area contributed by atoms with Crippen molar-refractivity contribution in [3.8, 4) is 5.75 Å². The summed E-state index contributed by atoms with van der Waals surface area (Å²) in [6, 6.07) is 19.7. The van der Waals surface area contributed by atoms with Crippen molar-refractivity contribution in [2.24, 2.45) is 0 Å². The van der Waals surface area contributed by atoms with Crippen LogP contribution in [0.2, 0.25) is 0 Å². The van der Waals surface area contributed by atoms with E-state index in [9.17, 15) is 18.0 Å². The first kappa shape index (κ1) is 30.7. The van der Waals surface area contributed by atoms with Gasteiger partial charge in [-0.1, -0.05) is 49.7 Å². The van der Waals surface area contributed by atoms with Gasteiger partial charge in [0.1, 0.15) is 18.3 Å². The molecule has 0 aliphatic carbocycles. The summed E-state index contributed by atoms with van der Waals surface area (Å²) in [6.07, 6.45) is 1.74. The van der Waals surface area contributed by atoms with E-state index in [1.165, 1.54) is 17.0 Å². The standard InChI is InChI=1S/C31H39N3O5S/c1-6-7-18-32-31(36)25(4)33(21-26-12-11-13-28(20-26)39-5)30(35)22-34(27-17-16-23(2)24(3)19-27)40(37,38)29-14-9-8-10-15-29/h8-17,19-20,25H,6-7,18,21-22H2,1-5H3,(H,32,36)/t25-/m1/s1. The van der Waals surface area contributed by atoms with Crippen molar-refractivity contribution >= 4 is 27.5 Å². The fourth-order valence-corrected chi connectivity index (χ4v) is 5.64. The van der Waals surface area contributed by atoms with Crippen molar-refractivity contribution in [2.75, 3.05) is 24.5 Å². The van der Waals surface area contributed by atoms with Gasteiger partial charge in [-0.2, -0.15) is 0 Å². The summed E-state index contributed by atoms with van der Waals surface area (Å²) in [5.41, 5.74) is 3.03. The number of unbranched alkanes of at least 4 members (excludes halogenated alkanes) is 1. The van der Waals surface area contributed by atoms with Gasteiger partial charge in [0, 0.05) is 13.1 Å². The monoisotopic (exact) mass is 565 g/mol. The molecule has 3 rings (SSSR count). The number of nitrogens with one attached hydrogen (secondary N) is 1. The van der Waals surface area contributed by atoms with Gasteiger partial charge in [-0.3, -0.25) is 13.9 Å². The van der Waals surface area contributed by atoms with E-state index >= 15 is 0 Å². The van der Waals surface area contributed by atoms with Crippen molar-refractivity contribution in [1.82, 2.24) is 10.2 Å². The zero-order chi connectivity index (χ0) is 29.3. The molecule has 0 saturated heterocycles. The maximum atomic E-state index is 14.0. The highest BCUT2D eigenvalue weighted by atomic mass is 32.2. The number of sulfonamides is 1. The number of carbonyl (C=O) groups excluding carboxylic acids is 2. The molecule has 0 aromatic heterocycles. The van der Waals surface area contributed by atoms with E-state index in [0.717, 1.165) is 33.8 Å². The number of anilines is 1. The minimum atomic E-state index is -4.09. The predicted octanol–water partition coefficient (Wildman–Crippen LogP) is 4.84. The summed E-state index contributed by atoms with van der Waals surface area (Å²) in [5.74, 6) is -0.180. The maximum absolute atomic E-state index is 14.0. The van der Waals surface area contributed by atoms with Crippen molar-refractivity contribution in [1.29, 1.82) is 0 Å². The van der Waals surface area contributed by atoms with Gasteiger partial charge < -0.3 is 15.0 Å². The molecule has 40 heavy (non-hydrogen) atoms. The molecule has 0 saturated carbocycles. The molecular weight excluding hydrogens is 526 g/mol. The van der Waals surface area contributed by atoms with Crippen LogP contribution in [-0.4, -0.2) is 51.4 Å². The Kier molecular flexibility index (Phi) is 10.7. The van der Waals surface area contributed by atoms with Gasteiger partial charge in [-0.05, 0) is 80.3 Å². The summed E-state index contributed by atoms with van der Waals surface area (Å²) in [5, 5.41) is 2.89. The van der Waals surface area contributed by atoms with Gasteiger partial charge in [0.2, 0.25) is 11.8 Å². The summed E-state index contributed by atoms with van der Waals surface area (Å²) >= 11 is 0. The summed E-state index contributed by atoms with van der Waals surface area (Å²) in [4.78, 5) is 28.6. The molecule has 1 N–H and O–H groups in total. The Hall–Kier alpha value is -3.85. The first-order chi connectivity index (χ1) is 19.1. The Balaban J connectivity index is 2.02. The van der Waals surface area contributed by atoms with Crippen molar-refractivity contribution in [2.45, 2.75) is 58.0 Å². The molecule has 2 amide bonds. The first-order valence-corrected chi connectivity index (χ1v) is 14.9. The average Bonchev–Trinajstić information content (AvgIpc) is 2.96. The molecular formula is C31H39N3O5S. The molecule has 0 bridgehead atoms. The highest BCUT2D eigenvalue weighted by Crippen LogP contribution is 2.26. The third kappa shape index (κ3) is 7.63. The molecule has 3 aromatic rings. The van der Waals surface area contributed by atoms with Crippen LogP contribution < -0.4 is 14.4 Å². The third-order valence-electron chi connectivity index (χ3n) is 6.87. The number of aryl methyl sites for hydroxylation is 2. The van der Waals surface area contributed by atoms with Crippen LogP contribution in [0.4, 0.5) is 5.69 Å². The molecule has 0 unspecified atom stereocenters. The van der Waals surface area contributed by atoms with E-state index in [1.54, 1.807) is 56.5 Å². The second-order valence-electron chi connectivity index (χ2n) is 9.79. The molecule has 9 heteroatoms. The van der Waals surface area contributed by atoms with E-state index in [2.05, 4.69) is 5.32 Å². The van der Waals surface area contributed by atoms with Crippen LogP contribution in [0.5, 0.6) is 5.75 Å². The normalized spacial score (nSPS) is 11.9. The van der Waals surface area contributed by atoms with Crippen molar-refractivity contribution in [3.05, 3.63) is 89.5 Å². The highest BCUT2D eigenvalue weighted by Gasteiger charge is 2.32. The zero-order valence-corrected chi connectivity index (χ0v) is 24.7. The number of nitrogens with zero attached hydrogens (tertiary/aromatic N) is 2. The average molecular weight is 566 g/mol. The Morgan fingerprint density at radius 2 is 1.68 bits per heavy atom. The van der Waals surface area contributed by atoms with Crippen LogP contribution >= 0.6 is 0 Å². The molecule has 214 valence electrons. The Morgan fingerprint density at radius 1 is 0.950 bits per heavy atom. The fraction of sp³-hybridized carbons (Fsp3) is 0.355. The van der Waals surface area contributed by atoms with Crippen LogP contribution in [0.15, 0.2) is 77.7 Å². The Morgan fingerprint density at radius 3 is 2.33 bits per heavy atom. The van der Waals surface area contributed by atoms with Gasteiger partial charge in [-0.25, -0.2) is 8.42 Å². The number of rotatable bonds is 13. The van der Waals surface area contributed by atoms with Crippen molar-refractivity contribution < 1.29 is 22.7 Å². The number of hydrogen-bond acceptors (Lipinski definition) is 5. The van der Waals surface area contributed by atoms with Crippen LogP contribution in [0, 0.1) is 13.8 Å². The van der Waals surface area contributed by atoms with E-state index < -0.39 is 28.5 Å². The van der Waals surface area contributed by atoms with Gasteiger partial charge >= 0.3 is 0 Å². The molecule has 8 nitrogen and oxygen atoms in total. The number of ether oxygens (including phenoxy) is 1. The lowest BCUT2D eigenvalue weighted by molar-refractivity contribution is -0.139.